The highest BCUT2D eigenvalue weighted by Gasteiger charge is 2.35. The first kappa shape index (κ1) is 15.4. The molecule has 1 heterocycles. The van der Waals surface area contributed by atoms with E-state index in [0.717, 1.165) is 0 Å². The van der Waals surface area contributed by atoms with Gasteiger partial charge in [0.05, 0.1) is 12.8 Å². The number of hydrogen-bond donors (Lipinski definition) is 0. The molecule has 0 aliphatic heterocycles. The lowest BCUT2D eigenvalue weighted by atomic mass is 10.2. The van der Waals surface area contributed by atoms with Gasteiger partial charge in [-0.15, -0.1) is 0 Å². The topological polar surface area (TPSA) is 42.7 Å². The predicted octanol–water partition coefficient (Wildman–Crippen LogP) is 3.58. The van der Waals surface area contributed by atoms with E-state index in [2.05, 4.69) is 0 Å². The third-order valence-electron chi connectivity index (χ3n) is 1.95. The maximum atomic E-state index is 12.4. The van der Waals surface area contributed by atoms with Crippen LogP contribution in [0.25, 0.3) is 0 Å². The van der Waals surface area contributed by atoms with E-state index in [1.54, 1.807) is 20.8 Å². The molecule has 19 heavy (non-hydrogen) atoms. The van der Waals surface area contributed by atoms with E-state index < -0.39 is 24.4 Å². The van der Waals surface area contributed by atoms with Gasteiger partial charge in [-0.1, -0.05) is 0 Å². The molecule has 0 radical (unpaired) electrons. The summed E-state index contributed by atoms with van der Waals surface area (Å²) in [7, 11) is 0. The number of carbonyl (C=O) groups is 1. The third-order valence-corrected chi connectivity index (χ3v) is 1.95. The summed E-state index contributed by atoms with van der Waals surface area (Å²) in [5.41, 5.74) is -0.857. The van der Waals surface area contributed by atoms with Crippen LogP contribution in [-0.4, -0.2) is 29.3 Å². The monoisotopic (exact) mass is 279 g/mol. The summed E-state index contributed by atoms with van der Waals surface area (Å²) < 4.78 is 47.2. The Bertz CT molecular complexity index is 407. The lowest BCUT2D eigenvalue weighted by molar-refractivity contribution is -0.146. The van der Waals surface area contributed by atoms with Crippen molar-refractivity contribution in [2.75, 3.05) is 6.54 Å². The molecule has 7 heteroatoms. The molecule has 0 bridgehead atoms. The van der Waals surface area contributed by atoms with Crippen molar-refractivity contribution < 1.29 is 27.1 Å². The van der Waals surface area contributed by atoms with Crippen LogP contribution < -0.4 is 0 Å². The number of ether oxygens (including phenoxy) is 1. The van der Waals surface area contributed by atoms with Crippen LogP contribution in [0.1, 0.15) is 26.5 Å². The summed E-state index contributed by atoms with van der Waals surface area (Å²) in [5, 5.41) is 0. The Morgan fingerprint density at radius 1 is 1.37 bits per heavy atom. The Labute approximate surface area is 109 Å². The molecule has 1 amide bonds. The number of amides is 1. The fourth-order valence-electron chi connectivity index (χ4n) is 1.32. The average Bonchev–Trinajstić information content (AvgIpc) is 2.64. The highest BCUT2D eigenvalue weighted by Crippen LogP contribution is 2.20. The number of carbonyl (C=O) groups excluding carboxylic acids is 1. The molecular weight excluding hydrogens is 263 g/mol. The van der Waals surface area contributed by atoms with Gasteiger partial charge in [-0.25, -0.2) is 4.79 Å². The van der Waals surface area contributed by atoms with Crippen LogP contribution in [0.15, 0.2) is 22.8 Å². The minimum absolute atomic E-state index is 0.259. The van der Waals surface area contributed by atoms with Gasteiger partial charge in [-0.05, 0) is 32.9 Å². The SMILES string of the molecule is CC(C)(C)OC(=O)N(Cc1ccco1)CC(F)(F)F. The first-order chi connectivity index (χ1) is 8.57. The van der Waals surface area contributed by atoms with Crippen molar-refractivity contribution in [2.24, 2.45) is 0 Å². The maximum Gasteiger partial charge on any atom is 0.411 e. The van der Waals surface area contributed by atoms with Crippen molar-refractivity contribution in [1.82, 2.24) is 4.90 Å². The lowest BCUT2D eigenvalue weighted by Gasteiger charge is -2.27. The van der Waals surface area contributed by atoms with Crippen LogP contribution in [0.5, 0.6) is 0 Å². The molecule has 0 unspecified atom stereocenters. The molecule has 0 N–H and O–H groups in total. The van der Waals surface area contributed by atoms with Crippen LogP contribution in [0, 0.1) is 0 Å². The van der Waals surface area contributed by atoms with E-state index in [0.29, 0.717) is 4.90 Å². The Morgan fingerprint density at radius 3 is 2.42 bits per heavy atom. The second kappa shape index (κ2) is 5.54. The van der Waals surface area contributed by atoms with E-state index in [-0.39, 0.29) is 12.3 Å². The largest absolute Gasteiger partial charge is 0.467 e. The van der Waals surface area contributed by atoms with Gasteiger partial charge in [0.1, 0.15) is 17.9 Å². The molecule has 1 aromatic heterocycles. The molecule has 0 spiro atoms. The molecule has 0 atom stereocenters. The number of nitrogens with zero attached hydrogens (tertiary/aromatic N) is 1. The molecule has 0 aromatic carbocycles. The molecule has 0 aliphatic carbocycles. The molecule has 0 aliphatic rings. The molecule has 0 saturated heterocycles. The van der Waals surface area contributed by atoms with Crippen LogP contribution in [0.2, 0.25) is 0 Å². The Kier molecular flexibility index (Phi) is 4.49. The molecule has 4 nitrogen and oxygen atoms in total. The quantitative estimate of drug-likeness (QED) is 0.849. The normalized spacial score (nSPS) is 12.3. The van der Waals surface area contributed by atoms with Crippen LogP contribution in [0.3, 0.4) is 0 Å². The summed E-state index contributed by atoms with van der Waals surface area (Å²) >= 11 is 0. The Balaban J connectivity index is 2.77. The summed E-state index contributed by atoms with van der Waals surface area (Å²) in [4.78, 5) is 12.3. The summed E-state index contributed by atoms with van der Waals surface area (Å²) in [6.45, 7) is 3.08. The van der Waals surface area contributed by atoms with Gasteiger partial charge in [-0.3, -0.25) is 4.90 Å². The smallest absolute Gasteiger partial charge is 0.411 e. The number of rotatable bonds is 3. The van der Waals surface area contributed by atoms with Crippen molar-refractivity contribution in [3.05, 3.63) is 24.2 Å². The van der Waals surface area contributed by atoms with Crippen LogP contribution in [-0.2, 0) is 11.3 Å². The molecule has 1 rings (SSSR count). The van der Waals surface area contributed by atoms with E-state index >= 15 is 0 Å². The average molecular weight is 279 g/mol. The minimum atomic E-state index is -4.50. The zero-order chi connectivity index (χ0) is 14.7. The zero-order valence-electron chi connectivity index (χ0n) is 11.0. The van der Waals surface area contributed by atoms with Crippen molar-refractivity contribution in [2.45, 2.75) is 39.1 Å². The second-order valence-corrected chi connectivity index (χ2v) is 5.03. The van der Waals surface area contributed by atoms with E-state index in [4.69, 9.17) is 9.15 Å². The zero-order valence-corrected chi connectivity index (χ0v) is 11.0. The van der Waals surface area contributed by atoms with Gasteiger partial charge >= 0.3 is 12.3 Å². The van der Waals surface area contributed by atoms with Crippen molar-refractivity contribution in [3.8, 4) is 0 Å². The van der Waals surface area contributed by atoms with Crippen LogP contribution >= 0.6 is 0 Å². The van der Waals surface area contributed by atoms with Crippen molar-refractivity contribution in [1.29, 1.82) is 0 Å². The van der Waals surface area contributed by atoms with Crippen molar-refractivity contribution >= 4 is 6.09 Å². The van der Waals surface area contributed by atoms with E-state index in [1.165, 1.54) is 18.4 Å². The van der Waals surface area contributed by atoms with Gasteiger partial charge in [0.15, 0.2) is 0 Å². The molecule has 0 saturated carbocycles. The number of hydrogen-bond acceptors (Lipinski definition) is 3. The van der Waals surface area contributed by atoms with Gasteiger partial charge in [-0.2, -0.15) is 13.2 Å². The lowest BCUT2D eigenvalue weighted by Crippen LogP contribution is -2.41. The molecular formula is C12H16F3NO3. The second-order valence-electron chi connectivity index (χ2n) is 5.03. The maximum absolute atomic E-state index is 12.4. The molecule has 0 fully saturated rings. The predicted molar refractivity (Wildman–Crippen MR) is 61.4 cm³/mol. The van der Waals surface area contributed by atoms with Crippen LogP contribution in [0.4, 0.5) is 18.0 Å². The first-order valence-corrected chi connectivity index (χ1v) is 5.64. The highest BCUT2D eigenvalue weighted by atomic mass is 19.4. The minimum Gasteiger partial charge on any atom is -0.467 e. The van der Waals surface area contributed by atoms with Gasteiger partial charge in [0.25, 0.3) is 0 Å². The van der Waals surface area contributed by atoms with E-state index in [1.807, 2.05) is 0 Å². The fraction of sp³-hybridized carbons (Fsp3) is 0.583. The molecule has 1 aromatic rings. The number of furan rings is 1. The van der Waals surface area contributed by atoms with Gasteiger partial charge in [0, 0.05) is 0 Å². The Morgan fingerprint density at radius 2 is 2.00 bits per heavy atom. The third kappa shape index (κ3) is 6.17. The standard InChI is InChI=1S/C12H16F3NO3/c1-11(2,3)19-10(17)16(8-12(13,14)15)7-9-5-4-6-18-9/h4-6H,7-8H2,1-3H3. The number of halogens is 3. The number of alkyl halides is 3. The molecule has 108 valence electrons. The van der Waals surface area contributed by atoms with Gasteiger partial charge < -0.3 is 9.15 Å². The summed E-state index contributed by atoms with van der Waals surface area (Å²) in [6.07, 6.45) is -4.19. The Hall–Kier alpha value is -1.66. The summed E-state index contributed by atoms with van der Waals surface area (Å²) in [5.74, 6) is 0.259. The van der Waals surface area contributed by atoms with E-state index in [9.17, 15) is 18.0 Å². The van der Waals surface area contributed by atoms with Gasteiger partial charge in [0.2, 0.25) is 0 Å². The highest BCUT2D eigenvalue weighted by molar-refractivity contribution is 5.68. The fourth-order valence-corrected chi connectivity index (χ4v) is 1.32. The first-order valence-electron chi connectivity index (χ1n) is 5.64. The van der Waals surface area contributed by atoms with Crippen molar-refractivity contribution in [3.63, 3.8) is 0 Å². The summed E-state index contributed by atoms with van der Waals surface area (Å²) in [6, 6.07) is 3.03.